The van der Waals surface area contributed by atoms with Crippen molar-refractivity contribution in [1.82, 2.24) is 4.31 Å². The Morgan fingerprint density at radius 3 is 2.57 bits per heavy atom. The summed E-state index contributed by atoms with van der Waals surface area (Å²) in [4.78, 5) is 14.3. The molecular formula is C20H22ClFN2O3S. The summed E-state index contributed by atoms with van der Waals surface area (Å²) in [5, 5.41) is 0.628. The molecule has 28 heavy (non-hydrogen) atoms. The number of rotatable bonds is 7. The molecule has 150 valence electrons. The maximum atomic E-state index is 13.7. The van der Waals surface area contributed by atoms with Crippen LogP contribution in [0, 0.1) is 5.82 Å². The van der Waals surface area contributed by atoms with E-state index in [-0.39, 0.29) is 31.2 Å². The summed E-state index contributed by atoms with van der Waals surface area (Å²) in [6.45, 7) is 0.839. The smallest absolute Gasteiger partial charge is 0.227 e. The number of halogens is 2. The lowest BCUT2D eigenvalue weighted by molar-refractivity contribution is -0.118. The number of aryl methyl sites for hydroxylation is 1. The van der Waals surface area contributed by atoms with Crippen LogP contribution >= 0.6 is 11.6 Å². The zero-order chi connectivity index (χ0) is 20.1. The van der Waals surface area contributed by atoms with E-state index < -0.39 is 15.8 Å². The number of nitrogens with zero attached hydrogens (tertiary/aromatic N) is 2. The van der Waals surface area contributed by atoms with E-state index in [9.17, 15) is 17.6 Å². The molecule has 0 N–H and O–H groups in total. The van der Waals surface area contributed by atoms with Crippen molar-refractivity contribution in [2.45, 2.75) is 19.3 Å². The maximum Gasteiger partial charge on any atom is 0.227 e. The van der Waals surface area contributed by atoms with Crippen LogP contribution < -0.4 is 4.90 Å². The van der Waals surface area contributed by atoms with Gasteiger partial charge in [-0.2, -0.15) is 0 Å². The van der Waals surface area contributed by atoms with E-state index in [0.717, 1.165) is 5.56 Å². The molecule has 0 unspecified atom stereocenters. The Labute approximate surface area is 169 Å². The van der Waals surface area contributed by atoms with Crippen molar-refractivity contribution in [2.75, 3.05) is 30.3 Å². The van der Waals surface area contributed by atoms with E-state index in [1.54, 1.807) is 18.2 Å². The Morgan fingerprint density at radius 2 is 1.93 bits per heavy atom. The zero-order valence-corrected chi connectivity index (χ0v) is 16.9. The molecule has 2 aromatic carbocycles. The molecular weight excluding hydrogens is 403 g/mol. The van der Waals surface area contributed by atoms with Crippen LogP contribution in [0.1, 0.15) is 18.4 Å². The SMILES string of the molecule is O=C(CCc1ccc(Cl)cc1)N(CCN1CCCS1(=O)=O)c1cccc(F)c1. The number of benzene rings is 2. The summed E-state index contributed by atoms with van der Waals surface area (Å²) < 4.78 is 39.1. The monoisotopic (exact) mass is 424 g/mol. The van der Waals surface area contributed by atoms with Gasteiger partial charge in [-0.05, 0) is 48.7 Å². The van der Waals surface area contributed by atoms with Gasteiger partial charge in [0, 0.05) is 36.8 Å². The molecule has 0 saturated carbocycles. The van der Waals surface area contributed by atoms with Crippen molar-refractivity contribution in [3.8, 4) is 0 Å². The highest BCUT2D eigenvalue weighted by atomic mass is 35.5. The Balaban J connectivity index is 1.71. The van der Waals surface area contributed by atoms with Crippen LogP contribution in [0.2, 0.25) is 5.02 Å². The number of anilines is 1. The van der Waals surface area contributed by atoms with E-state index in [1.807, 2.05) is 12.1 Å². The minimum Gasteiger partial charge on any atom is -0.311 e. The fourth-order valence-corrected chi connectivity index (χ4v) is 4.88. The van der Waals surface area contributed by atoms with E-state index in [1.165, 1.54) is 27.4 Å². The second kappa shape index (κ2) is 9.03. The van der Waals surface area contributed by atoms with Gasteiger partial charge in [-0.3, -0.25) is 4.79 Å². The summed E-state index contributed by atoms with van der Waals surface area (Å²) >= 11 is 5.88. The van der Waals surface area contributed by atoms with Crippen molar-refractivity contribution in [1.29, 1.82) is 0 Å². The first-order valence-corrected chi connectivity index (χ1v) is 11.1. The lowest BCUT2D eigenvalue weighted by Crippen LogP contribution is -2.39. The number of hydrogen-bond donors (Lipinski definition) is 0. The van der Waals surface area contributed by atoms with Crippen LogP contribution in [-0.4, -0.2) is 44.0 Å². The molecule has 1 aliphatic heterocycles. The quantitative estimate of drug-likeness (QED) is 0.683. The first-order chi connectivity index (χ1) is 13.3. The van der Waals surface area contributed by atoms with Crippen LogP contribution in [0.15, 0.2) is 48.5 Å². The molecule has 1 aliphatic rings. The van der Waals surface area contributed by atoms with Gasteiger partial charge in [0.05, 0.1) is 5.75 Å². The van der Waals surface area contributed by atoms with E-state index in [0.29, 0.717) is 30.1 Å². The molecule has 0 bridgehead atoms. The lowest BCUT2D eigenvalue weighted by atomic mass is 10.1. The molecule has 1 saturated heterocycles. The second-order valence-electron chi connectivity index (χ2n) is 6.72. The molecule has 0 aromatic heterocycles. The van der Waals surface area contributed by atoms with Gasteiger partial charge in [-0.15, -0.1) is 0 Å². The third-order valence-electron chi connectivity index (χ3n) is 4.74. The molecule has 0 aliphatic carbocycles. The fraction of sp³-hybridized carbons (Fsp3) is 0.350. The van der Waals surface area contributed by atoms with E-state index in [2.05, 4.69) is 0 Å². The Morgan fingerprint density at radius 1 is 1.18 bits per heavy atom. The lowest BCUT2D eigenvalue weighted by Gasteiger charge is -2.25. The largest absolute Gasteiger partial charge is 0.311 e. The van der Waals surface area contributed by atoms with Crippen LogP contribution in [0.5, 0.6) is 0 Å². The first-order valence-electron chi connectivity index (χ1n) is 9.13. The van der Waals surface area contributed by atoms with Crippen molar-refractivity contribution < 1.29 is 17.6 Å². The highest BCUT2D eigenvalue weighted by molar-refractivity contribution is 7.89. The third kappa shape index (κ3) is 5.31. The third-order valence-corrected chi connectivity index (χ3v) is 6.95. The molecule has 0 radical (unpaired) electrons. The van der Waals surface area contributed by atoms with Crippen LogP contribution in [0.25, 0.3) is 0 Å². The molecule has 8 heteroatoms. The Kier molecular flexibility index (Phi) is 6.69. The van der Waals surface area contributed by atoms with Gasteiger partial charge >= 0.3 is 0 Å². The number of amides is 1. The van der Waals surface area contributed by atoms with E-state index in [4.69, 9.17) is 11.6 Å². The number of sulfonamides is 1. The summed E-state index contributed by atoms with van der Waals surface area (Å²) in [7, 11) is -3.25. The van der Waals surface area contributed by atoms with Crippen LogP contribution in [0.4, 0.5) is 10.1 Å². The fourth-order valence-electron chi connectivity index (χ4n) is 3.23. The average molecular weight is 425 g/mol. The van der Waals surface area contributed by atoms with Gasteiger partial charge < -0.3 is 4.90 Å². The molecule has 2 aromatic rings. The predicted octanol–water partition coefficient (Wildman–Crippen LogP) is 3.48. The summed E-state index contributed by atoms with van der Waals surface area (Å²) in [6.07, 6.45) is 1.33. The highest BCUT2D eigenvalue weighted by Gasteiger charge is 2.29. The number of hydrogen-bond acceptors (Lipinski definition) is 3. The second-order valence-corrected chi connectivity index (χ2v) is 9.25. The minimum atomic E-state index is -3.25. The molecule has 1 amide bonds. The van der Waals surface area contributed by atoms with E-state index >= 15 is 0 Å². The van der Waals surface area contributed by atoms with Crippen LogP contribution in [-0.2, 0) is 21.2 Å². The van der Waals surface area contributed by atoms with Gasteiger partial charge in [-0.1, -0.05) is 29.8 Å². The standard InChI is InChI=1S/C20H22ClFN2O3S/c21-17-8-5-16(6-9-17)7-10-20(25)24(19-4-1-3-18(22)15-19)13-12-23-11-2-14-28(23,26)27/h1,3-6,8-9,15H,2,7,10-14H2. The Hall–Kier alpha value is -1.96. The molecule has 1 heterocycles. The number of carbonyl (C=O) groups is 1. The van der Waals surface area contributed by atoms with Crippen molar-refractivity contribution in [3.63, 3.8) is 0 Å². The van der Waals surface area contributed by atoms with Crippen molar-refractivity contribution in [3.05, 3.63) is 64.9 Å². The molecule has 1 fully saturated rings. The first kappa shape index (κ1) is 20.8. The van der Waals surface area contributed by atoms with Gasteiger partial charge in [0.15, 0.2) is 0 Å². The predicted molar refractivity (Wildman–Crippen MR) is 109 cm³/mol. The van der Waals surface area contributed by atoms with Crippen LogP contribution in [0.3, 0.4) is 0 Å². The average Bonchev–Trinajstić information content (AvgIpc) is 3.00. The molecule has 5 nitrogen and oxygen atoms in total. The number of carbonyl (C=O) groups excluding carboxylic acids is 1. The van der Waals surface area contributed by atoms with Gasteiger partial charge in [0.1, 0.15) is 5.82 Å². The highest BCUT2D eigenvalue weighted by Crippen LogP contribution is 2.20. The Bertz CT molecular complexity index is 935. The molecule has 0 spiro atoms. The topological polar surface area (TPSA) is 57.7 Å². The summed E-state index contributed by atoms with van der Waals surface area (Å²) in [5.74, 6) is -0.490. The van der Waals surface area contributed by atoms with Gasteiger partial charge in [0.2, 0.25) is 15.9 Å². The summed E-state index contributed by atoms with van der Waals surface area (Å²) in [5.41, 5.74) is 1.40. The normalized spacial score (nSPS) is 16.2. The molecule has 0 atom stereocenters. The van der Waals surface area contributed by atoms with Gasteiger partial charge in [0.25, 0.3) is 0 Å². The molecule has 3 rings (SSSR count). The minimum absolute atomic E-state index is 0.136. The maximum absolute atomic E-state index is 13.7. The van der Waals surface area contributed by atoms with Gasteiger partial charge in [-0.25, -0.2) is 17.1 Å². The van der Waals surface area contributed by atoms with Crippen molar-refractivity contribution in [2.24, 2.45) is 0 Å². The zero-order valence-electron chi connectivity index (χ0n) is 15.4. The summed E-state index contributed by atoms with van der Waals surface area (Å²) in [6, 6.07) is 13.0. The van der Waals surface area contributed by atoms with Crippen molar-refractivity contribution >= 4 is 33.2 Å².